The summed E-state index contributed by atoms with van der Waals surface area (Å²) in [5.41, 5.74) is 0.391. The van der Waals surface area contributed by atoms with E-state index in [0.717, 1.165) is 37.7 Å². The summed E-state index contributed by atoms with van der Waals surface area (Å²) >= 11 is 0. The summed E-state index contributed by atoms with van der Waals surface area (Å²) in [6.45, 7) is 7.40. The second-order valence-corrected chi connectivity index (χ2v) is 11.2. The lowest BCUT2D eigenvalue weighted by Gasteiger charge is -2.26. The van der Waals surface area contributed by atoms with Crippen LogP contribution in [0.15, 0.2) is 24.3 Å². The van der Waals surface area contributed by atoms with E-state index in [2.05, 4.69) is 5.32 Å². The summed E-state index contributed by atoms with van der Waals surface area (Å²) in [5, 5.41) is 2.82. The van der Waals surface area contributed by atoms with Crippen LogP contribution in [-0.2, 0) is 15.7 Å². The standard InChI is InChI=1S/C21H34NO5P/c1-16(22-20(23)27-21(2,3)4)14-17-10-12-18(13-11-17)26-15-28(24,25)19-8-6-5-7-9-19/h10-13,16,19H,5-9,14-15H2,1-4H3,(H,22,23)(H,24,25)/t16-/m1/s1. The van der Waals surface area contributed by atoms with Crippen LogP contribution in [0.25, 0.3) is 0 Å². The molecule has 1 fully saturated rings. The molecule has 28 heavy (non-hydrogen) atoms. The molecule has 1 unspecified atom stereocenters. The van der Waals surface area contributed by atoms with Crippen LogP contribution < -0.4 is 10.1 Å². The Hall–Kier alpha value is -1.52. The van der Waals surface area contributed by atoms with Crippen LogP contribution in [0.1, 0.15) is 65.4 Å². The van der Waals surface area contributed by atoms with E-state index in [9.17, 15) is 14.3 Å². The number of carbonyl (C=O) groups excluding carboxylic acids is 1. The lowest BCUT2D eigenvalue weighted by Crippen LogP contribution is -2.38. The minimum Gasteiger partial charge on any atom is -0.484 e. The lowest BCUT2D eigenvalue weighted by atomic mass is 10.0. The zero-order valence-electron chi connectivity index (χ0n) is 17.4. The number of nitrogens with one attached hydrogen (secondary N) is 1. The number of rotatable bonds is 7. The third kappa shape index (κ3) is 7.84. The quantitative estimate of drug-likeness (QED) is 0.611. The van der Waals surface area contributed by atoms with Crippen LogP contribution in [0.5, 0.6) is 5.75 Å². The molecule has 0 aliphatic heterocycles. The van der Waals surface area contributed by atoms with Crippen LogP contribution >= 0.6 is 7.37 Å². The van der Waals surface area contributed by atoms with Gasteiger partial charge in [-0.15, -0.1) is 0 Å². The van der Waals surface area contributed by atoms with Crippen LogP contribution in [0.3, 0.4) is 0 Å². The monoisotopic (exact) mass is 411 g/mol. The van der Waals surface area contributed by atoms with E-state index >= 15 is 0 Å². The molecule has 0 saturated heterocycles. The summed E-state index contributed by atoms with van der Waals surface area (Å²) in [4.78, 5) is 22.1. The first kappa shape index (κ1) is 22.8. The topological polar surface area (TPSA) is 84.9 Å². The Labute approximate surface area is 168 Å². The summed E-state index contributed by atoms with van der Waals surface area (Å²) in [6, 6.07) is 7.34. The number of ether oxygens (including phenoxy) is 2. The van der Waals surface area contributed by atoms with Gasteiger partial charge in [-0.25, -0.2) is 4.79 Å². The Kier molecular flexibility index (Phi) is 7.97. The van der Waals surface area contributed by atoms with Crippen LogP contribution in [0, 0.1) is 0 Å². The van der Waals surface area contributed by atoms with Gasteiger partial charge in [-0.3, -0.25) is 4.57 Å². The molecule has 1 saturated carbocycles. The van der Waals surface area contributed by atoms with E-state index in [4.69, 9.17) is 9.47 Å². The average Bonchev–Trinajstić information content (AvgIpc) is 2.60. The number of carbonyl (C=O) groups is 1. The van der Waals surface area contributed by atoms with Gasteiger partial charge >= 0.3 is 6.09 Å². The number of hydrogen-bond acceptors (Lipinski definition) is 4. The summed E-state index contributed by atoms with van der Waals surface area (Å²) in [7, 11) is -3.28. The van der Waals surface area contributed by atoms with E-state index in [1.165, 1.54) is 0 Å². The predicted octanol–water partition coefficient (Wildman–Crippen LogP) is 5.08. The first-order valence-corrected chi connectivity index (χ1v) is 12.0. The second kappa shape index (κ2) is 9.80. The van der Waals surface area contributed by atoms with Gasteiger partial charge < -0.3 is 19.7 Å². The Morgan fingerprint density at radius 2 is 1.82 bits per heavy atom. The van der Waals surface area contributed by atoms with Crippen molar-refractivity contribution in [2.75, 3.05) is 6.35 Å². The van der Waals surface area contributed by atoms with Gasteiger partial charge in [-0.1, -0.05) is 31.4 Å². The third-order valence-electron chi connectivity index (χ3n) is 4.79. The molecule has 1 aromatic rings. The smallest absolute Gasteiger partial charge is 0.407 e. The molecule has 0 radical (unpaired) electrons. The molecule has 0 spiro atoms. The minimum atomic E-state index is -3.28. The van der Waals surface area contributed by atoms with Gasteiger partial charge in [0.15, 0.2) is 6.35 Å². The first-order chi connectivity index (χ1) is 13.0. The van der Waals surface area contributed by atoms with Crippen molar-refractivity contribution < 1.29 is 23.7 Å². The predicted molar refractivity (Wildman–Crippen MR) is 111 cm³/mol. The van der Waals surface area contributed by atoms with Crippen molar-refractivity contribution in [2.24, 2.45) is 0 Å². The van der Waals surface area contributed by atoms with E-state index < -0.39 is 19.1 Å². The van der Waals surface area contributed by atoms with E-state index in [1.807, 2.05) is 39.8 Å². The zero-order valence-corrected chi connectivity index (χ0v) is 18.3. The Morgan fingerprint density at radius 1 is 1.21 bits per heavy atom. The third-order valence-corrected chi connectivity index (χ3v) is 6.95. The van der Waals surface area contributed by atoms with Crippen molar-refractivity contribution in [1.82, 2.24) is 5.32 Å². The van der Waals surface area contributed by atoms with Crippen LogP contribution in [0.4, 0.5) is 4.79 Å². The number of alkyl carbamates (subject to hydrolysis) is 1. The molecular weight excluding hydrogens is 377 g/mol. The average molecular weight is 411 g/mol. The molecule has 0 aromatic heterocycles. The van der Waals surface area contributed by atoms with E-state index in [1.54, 1.807) is 12.1 Å². The van der Waals surface area contributed by atoms with Gasteiger partial charge in [0, 0.05) is 11.7 Å². The molecule has 1 aliphatic rings. The molecule has 1 amide bonds. The maximum Gasteiger partial charge on any atom is 0.407 e. The highest BCUT2D eigenvalue weighted by atomic mass is 31.2. The maximum absolute atomic E-state index is 12.5. The van der Waals surface area contributed by atoms with Gasteiger partial charge in [-0.2, -0.15) is 0 Å². The van der Waals surface area contributed by atoms with Crippen molar-refractivity contribution in [3.63, 3.8) is 0 Å². The molecule has 2 rings (SSSR count). The fourth-order valence-corrected chi connectivity index (χ4v) is 5.11. The SMILES string of the molecule is C[C@H](Cc1ccc(OCP(=O)(O)C2CCCCC2)cc1)NC(=O)OC(C)(C)C. The largest absolute Gasteiger partial charge is 0.484 e. The van der Waals surface area contributed by atoms with Crippen molar-refractivity contribution in [3.05, 3.63) is 29.8 Å². The zero-order chi connectivity index (χ0) is 20.8. The highest BCUT2D eigenvalue weighted by Gasteiger charge is 2.32. The van der Waals surface area contributed by atoms with Gasteiger partial charge in [0.1, 0.15) is 11.4 Å². The van der Waals surface area contributed by atoms with E-state index in [0.29, 0.717) is 12.2 Å². The molecular formula is C21H34NO5P. The molecule has 7 heteroatoms. The lowest BCUT2D eigenvalue weighted by molar-refractivity contribution is 0.0508. The fraction of sp³-hybridized carbons (Fsp3) is 0.667. The summed E-state index contributed by atoms with van der Waals surface area (Å²) in [6.07, 6.45) is 4.94. The van der Waals surface area contributed by atoms with Crippen molar-refractivity contribution in [3.8, 4) is 5.75 Å². The second-order valence-electron chi connectivity index (χ2n) is 8.72. The minimum absolute atomic E-state index is 0.0782. The Balaban J connectivity index is 1.81. The molecule has 2 atom stereocenters. The molecule has 0 heterocycles. The molecule has 2 N–H and O–H groups in total. The molecule has 1 aromatic carbocycles. The highest BCUT2D eigenvalue weighted by Crippen LogP contribution is 2.51. The number of hydrogen-bond donors (Lipinski definition) is 2. The van der Waals surface area contributed by atoms with Crippen LogP contribution in [-0.4, -0.2) is 34.6 Å². The molecule has 1 aliphatic carbocycles. The normalized spacial score (nSPS) is 18.8. The highest BCUT2D eigenvalue weighted by molar-refractivity contribution is 7.58. The van der Waals surface area contributed by atoms with Crippen LogP contribution in [0.2, 0.25) is 0 Å². The first-order valence-electron chi connectivity index (χ1n) is 10.1. The Morgan fingerprint density at radius 3 is 2.39 bits per heavy atom. The summed E-state index contributed by atoms with van der Waals surface area (Å²) < 4.78 is 23.4. The fourth-order valence-electron chi connectivity index (χ4n) is 3.39. The van der Waals surface area contributed by atoms with Crippen molar-refractivity contribution in [1.29, 1.82) is 0 Å². The molecule has 0 bridgehead atoms. The molecule has 158 valence electrons. The van der Waals surface area contributed by atoms with Crippen molar-refractivity contribution in [2.45, 2.75) is 83.5 Å². The molecule has 6 nitrogen and oxygen atoms in total. The Bertz CT molecular complexity index is 677. The van der Waals surface area contributed by atoms with Gasteiger partial charge in [-0.05, 0) is 64.7 Å². The van der Waals surface area contributed by atoms with E-state index in [-0.39, 0.29) is 18.0 Å². The van der Waals surface area contributed by atoms with Gasteiger partial charge in [0.05, 0.1) is 0 Å². The number of benzene rings is 1. The van der Waals surface area contributed by atoms with Gasteiger partial charge in [0.2, 0.25) is 7.37 Å². The maximum atomic E-state index is 12.5. The summed E-state index contributed by atoms with van der Waals surface area (Å²) in [5.74, 6) is 0.585. The van der Waals surface area contributed by atoms with Gasteiger partial charge in [0.25, 0.3) is 0 Å². The number of amides is 1. The van der Waals surface area contributed by atoms with Crippen molar-refractivity contribution >= 4 is 13.5 Å².